The highest BCUT2D eigenvalue weighted by molar-refractivity contribution is 9.10. The van der Waals surface area contributed by atoms with Gasteiger partial charge in [-0.05, 0) is 30.7 Å². The van der Waals surface area contributed by atoms with E-state index in [9.17, 15) is 4.79 Å². The number of amides is 1. The Morgan fingerprint density at radius 3 is 2.58 bits per heavy atom. The van der Waals surface area contributed by atoms with Gasteiger partial charge in [0.1, 0.15) is 11.5 Å². The molecule has 0 aliphatic carbocycles. The summed E-state index contributed by atoms with van der Waals surface area (Å²) in [5.74, 6) is 1.09. The first kappa shape index (κ1) is 18.3. The molecule has 128 valence electrons. The Bertz CT molecular complexity index is 706. The van der Waals surface area contributed by atoms with Crippen molar-refractivity contribution in [1.82, 2.24) is 5.32 Å². The van der Waals surface area contributed by atoms with Crippen molar-refractivity contribution in [3.05, 3.63) is 52.5 Å². The molecule has 2 rings (SSSR count). The largest absolute Gasteiger partial charge is 0.497 e. The van der Waals surface area contributed by atoms with Crippen molar-refractivity contribution in [2.45, 2.75) is 13.0 Å². The zero-order valence-electron chi connectivity index (χ0n) is 13.9. The smallest absolute Gasteiger partial charge is 0.238 e. The second-order valence-electron chi connectivity index (χ2n) is 5.24. The maximum absolute atomic E-state index is 12.2. The molecule has 1 unspecified atom stereocenters. The van der Waals surface area contributed by atoms with Crippen LogP contribution in [-0.4, -0.2) is 26.7 Å². The van der Waals surface area contributed by atoms with Gasteiger partial charge < -0.3 is 20.1 Å². The topological polar surface area (TPSA) is 59.6 Å². The molecule has 0 bridgehead atoms. The van der Waals surface area contributed by atoms with Gasteiger partial charge in [0.25, 0.3) is 0 Å². The van der Waals surface area contributed by atoms with Crippen molar-refractivity contribution in [2.24, 2.45) is 0 Å². The van der Waals surface area contributed by atoms with E-state index in [2.05, 4.69) is 26.6 Å². The van der Waals surface area contributed by atoms with Crippen LogP contribution in [-0.2, 0) is 4.79 Å². The summed E-state index contributed by atoms with van der Waals surface area (Å²) >= 11 is 3.52. The summed E-state index contributed by atoms with van der Waals surface area (Å²) in [6, 6.07) is 13.2. The minimum Gasteiger partial charge on any atom is -0.497 e. The number of halogens is 1. The highest BCUT2D eigenvalue weighted by Gasteiger charge is 2.12. The third-order valence-corrected chi connectivity index (χ3v) is 4.34. The Hall–Kier alpha value is -2.05. The third kappa shape index (κ3) is 4.72. The first-order chi connectivity index (χ1) is 11.5. The van der Waals surface area contributed by atoms with E-state index in [0.29, 0.717) is 17.2 Å². The maximum atomic E-state index is 12.2. The maximum Gasteiger partial charge on any atom is 0.238 e. The first-order valence-corrected chi connectivity index (χ1v) is 8.34. The van der Waals surface area contributed by atoms with Crippen molar-refractivity contribution in [3.8, 4) is 11.5 Å². The average molecular weight is 393 g/mol. The lowest BCUT2D eigenvalue weighted by molar-refractivity contribution is -0.115. The van der Waals surface area contributed by atoms with Crippen LogP contribution in [0.25, 0.3) is 0 Å². The quantitative estimate of drug-likeness (QED) is 0.752. The number of hydrogen-bond donors (Lipinski definition) is 2. The van der Waals surface area contributed by atoms with Crippen LogP contribution >= 0.6 is 15.9 Å². The lowest BCUT2D eigenvalue weighted by Crippen LogP contribution is -2.30. The van der Waals surface area contributed by atoms with Crippen molar-refractivity contribution in [1.29, 1.82) is 0 Å². The fourth-order valence-electron chi connectivity index (χ4n) is 2.29. The second-order valence-corrected chi connectivity index (χ2v) is 6.09. The van der Waals surface area contributed by atoms with Crippen LogP contribution in [0.2, 0.25) is 0 Å². The Balaban J connectivity index is 1.97. The minimum absolute atomic E-state index is 0.0403. The van der Waals surface area contributed by atoms with Gasteiger partial charge in [0, 0.05) is 16.6 Å². The summed E-state index contributed by atoms with van der Waals surface area (Å²) in [6.45, 7) is 2.20. The number of hydrogen-bond acceptors (Lipinski definition) is 4. The predicted octanol–water partition coefficient (Wildman–Crippen LogP) is 3.76. The number of nitrogens with one attached hydrogen (secondary N) is 2. The van der Waals surface area contributed by atoms with Crippen LogP contribution < -0.4 is 20.1 Å². The average Bonchev–Trinajstić information content (AvgIpc) is 2.60. The molecule has 0 saturated heterocycles. The van der Waals surface area contributed by atoms with Crippen LogP contribution in [0.4, 0.5) is 5.69 Å². The van der Waals surface area contributed by atoms with Gasteiger partial charge in [-0.1, -0.05) is 34.1 Å². The number of ether oxygens (including phenoxy) is 2. The Labute approximate surface area is 150 Å². The highest BCUT2D eigenvalue weighted by Crippen LogP contribution is 2.28. The van der Waals surface area contributed by atoms with Gasteiger partial charge in [-0.25, -0.2) is 0 Å². The Morgan fingerprint density at radius 2 is 1.92 bits per heavy atom. The molecule has 0 spiro atoms. The van der Waals surface area contributed by atoms with Gasteiger partial charge >= 0.3 is 0 Å². The van der Waals surface area contributed by atoms with E-state index in [1.54, 1.807) is 32.4 Å². The number of carbonyl (C=O) groups excluding carboxylic acids is 1. The van der Waals surface area contributed by atoms with E-state index in [0.717, 1.165) is 10.0 Å². The van der Waals surface area contributed by atoms with E-state index in [4.69, 9.17) is 9.47 Å². The molecule has 0 aliphatic rings. The fourth-order valence-corrected chi connectivity index (χ4v) is 2.92. The Kier molecular flexibility index (Phi) is 6.63. The van der Waals surface area contributed by atoms with Gasteiger partial charge in [-0.15, -0.1) is 0 Å². The molecule has 0 heterocycles. The zero-order chi connectivity index (χ0) is 17.5. The van der Waals surface area contributed by atoms with Crippen LogP contribution in [0.3, 0.4) is 0 Å². The molecule has 1 atom stereocenters. The van der Waals surface area contributed by atoms with Crippen LogP contribution in [0.1, 0.15) is 18.5 Å². The van der Waals surface area contributed by atoms with Crippen LogP contribution in [0.15, 0.2) is 46.9 Å². The van der Waals surface area contributed by atoms with E-state index in [-0.39, 0.29) is 18.5 Å². The third-order valence-electron chi connectivity index (χ3n) is 3.62. The number of anilines is 1. The Morgan fingerprint density at radius 1 is 1.17 bits per heavy atom. The van der Waals surface area contributed by atoms with Crippen LogP contribution in [0.5, 0.6) is 11.5 Å². The van der Waals surface area contributed by atoms with Gasteiger partial charge in [-0.2, -0.15) is 0 Å². The van der Waals surface area contributed by atoms with Crippen LogP contribution in [0, 0.1) is 0 Å². The first-order valence-electron chi connectivity index (χ1n) is 7.55. The summed E-state index contributed by atoms with van der Waals surface area (Å²) in [6.07, 6.45) is 0. The molecule has 0 radical (unpaired) electrons. The number of benzene rings is 2. The standard InChI is InChI=1S/C18H21BrN2O3/c1-12(14-6-4-5-7-15(14)19)20-11-18(22)21-16-10-13(23-2)8-9-17(16)24-3/h4-10,12,20H,11H2,1-3H3,(H,21,22). The minimum atomic E-state index is -0.152. The SMILES string of the molecule is COc1ccc(OC)c(NC(=O)CNC(C)c2ccccc2Br)c1. The molecule has 2 N–H and O–H groups in total. The lowest BCUT2D eigenvalue weighted by Gasteiger charge is -2.16. The molecular weight excluding hydrogens is 372 g/mol. The highest BCUT2D eigenvalue weighted by atomic mass is 79.9. The number of methoxy groups -OCH3 is 2. The number of carbonyl (C=O) groups is 1. The van der Waals surface area contributed by atoms with Crippen molar-refractivity contribution in [3.63, 3.8) is 0 Å². The van der Waals surface area contributed by atoms with Crippen molar-refractivity contribution < 1.29 is 14.3 Å². The summed E-state index contributed by atoms with van der Waals surface area (Å²) in [7, 11) is 3.14. The van der Waals surface area contributed by atoms with E-state index < -0.39 is 0 Å². The second kappa shape index (κ2) is 8.70. The van der Waals surface area contributed by atoms with E-state index in [1.165, 1.54) is 0 Å². The van der Waals surface area contributed by atoms with Gasteiger partial charge in [0.15, 0.2) is 0 Å². The zero-order valence-corrected chi connectivity index (χ0v) is 15.5. The summed E-state index contributed by atoms with van der Waals surface area (Å²) < 4.78 is 11.5. The molecule has 0 aliphatic heterocycles. The molecule has 24 heavy (non-hydrogen) atoms. The summed E-state index contributed by atoms with van der Waals surface area (Å²) in [4.78, 5) is 12.2. The van der Waals surface area contributed by atoms with E-state index in [1.807, 2.05) is 31.2 Å². The molecule has 6 heteroatoms. The lowest BCUT2D eigenvalue weighted by atomic mass is 10.1. The molecule has 0 saturated carbocycles. The molecule has 2 aromatic rings. The van der Waals surface area contributed by atoms with Crippen molar-refractivity contribution in [2.75, 3.05) is 26.1 Å². The molecule has 0 fully saturated rings. The molecule has 1 amide bonds. The normalized spacial score (nSPS) is 11.7. The molecule has 2 aromatic carbocycles. The van der Waals surface area contributed by atoms with Gasteiger partial charge in [0.05, 0.1) is 26.5 Å². The number of rotatable bonds is 7. The van der Waals surface area contributed by atoms with Crippen molar-refractivity contribution >= 4 is 27.5 Å². The fraction of sp³-hybridized carbons (Fsp3) is 0.278. The predicted molar refractivity (Wildman–Crippen MR) is 98.7 cm³/mol. The monoisotopic (exact) mass is 392 g/mol. The summed E-state index contributed by atoms with van der Waals surface area (Å²) in [5.41, 5.74) is 1.68. The molecule has 0 aromatic heterocycles. The molecular formula is C18H21BrN2O3. The van der Waals surface area contributed by atoms with E-state index >= 15 is 0 Å². The summed E-state index contributed by atoms with van der Waals surface area (Å²) in [5, 5.41) is 6.05. The molecule has 5 nitrogen and oxygen atoms in total. The van der Waals surface area contributed by atoms with Gasteiger partial charge in [0.2, 0.25) is 5.91 Å². The van der Waals surface area contributed by atoms with Gasteiger partial charge in [-0.3, -0.25) is 4.79 Å².